The first kappa shape index (κ1) is 16.2. The number of aromatic nitrogens is 3. The molecule has 2 aromatic carbocycles. The molecule has 0 aliphatic heterocycles. The van der Waals surface area contributed by atoms with Gasteiger partial charge in [0, 0.05) is 12.1 Å². The van der Waals surface area contributed by atoms with Gasteiger partial charge in [0.25, 0.3) is 0 Å². The van der Waals surface area contributed by atoms with Gasteiger partial charge < -0.3 is 5.11 Å². The number of carboxylic acid groups (broad SMARTS) is 1. The third-order valence-corrected chi connectivity index (χ3v) is 4.23. The van der Waals surface area contributed by atoms with Crippen LogP contribution in [0.25, 0.3) is 5.69 Å². The van der Waals surface area contributed by atoms with Gasteiger partial charge in [-0.3, -0.25) is 9.36 Å². The molecule has 24 heavy (non-hydrogen) atoms. The number of aliphatic carboxylic acids is 1. The highest BCUT2D eigenvalue weighted by Gasteiger charge is 2.16. The lowest BCUT2D eigenvalue weighted by Gasteiger charge is -2.10. The van der Waals surface area contributed by atoms with Gasteiger partial charge in [0.15, 0.2) is 5.16 Å². The molecule has 0 aliphatic rings. The SMILES string of the molecule is O=C(O)CSc1nnc(Cc2ccccc2)n1-c1ccc(F)cc1. The molecule has 0 spiro atoms. The summed E-state index contributed by atoms with van der Waals surface area (Å²) in [4.78, 5) is 10.8. The molecule has 0 atom stereocenters. The zero-order valence-electron chi connectivity index (χ0n) is 12.6. The molecule has 3 rings (SSSR count). The van der Waals surface area contributed by atoms with Crippen molar-refractivity contribution in [1.82, 2.24) is 14.8 Å². The second-order valence-corrected chi connectivity index (χ2v) is 6.00. The van der Waals surface area contributed by atoms with E-state index in [9.17, 15) is 9.18 Å². The van der Waals surface area contributed by atoms with E-state index in [1.165, 1.54) is 12.1 Å². The van der Waals surface area contributed by atoms with Gasteiger partial charge in [-0.05, 0) is 29.8 Å². The summed E-state index contributed by atoms with van der Waals surface area (Å²) >= 11 is 1.08. The Morgan fingerprint density at radius 3 is 2.46 bits per heavy atom. The summed E-state index contributed by atoms with van der Waals surface area (Å²) < 4.78 is 15.0. The van der Waals surface area contributed by atoms with E-state index >= 15 is 0 Å². The molecule has 1 heterocycles. The van der Waals surface area contributed by atoms with Crippen molar-refractivity contribution >= 4 is 17.7 Å². The third kappa shape index (κ3) is 3.80. The third-order valence-electron chi connectivity index (χ3n) is 3.32. The Labute approximate surface area is 142 Å². The molecule has 1 N–H and O–H groups in total. The molecule has 5 nitrogen and oxygen atoms in total. The number of nitrogens with zero attached hydrogens (tertiary/aromatic N) is 3. The van der Waals surface area contributed by atoms with Gasteiger partial charge >= 0.3 is 5.97 Å². The molecule has 0 saturated heterocycles. The number of carboxylic acids is 1. The van der Waals surface area contributed by atoms with E-state index in [0.29, 0.717) is 23.1 Å². The molecular weight excluding hydrogens is 329 g/mol. The average Bonchev–Trinajstić information content (AvgIpc) is 2.97. The van der Waals surface area contributed by atoms with Crippen molar-refractivity contribution in [2.45, 2.75) is 11.6 Å². The minimum atomic E-state index is -0.932. The summed E-state index contributed by atoms with van der Waals surface area (Å²) in [6.07, 6.45) is 0.541. The van der Waals surface area contributed by atoms with Gasteiger partial charge in [-0.15, -0.1) is 10.2 Å². The number of rotatable bonds is 6. The van der Waals surface area contributed by atoms with Crippen LogP contribution < -0.4 is 0 Å². The van der Waals surface area contributed by atoms with E-state index in [2.05, 4.69) is 10.2 Å². The summed E-state index contributed by atoms with van der Waals surface area (Å²) in [6, 6.07) is 15.7. The van der Waals surface area contributed by atoms with Crippen LogP contribution in [0.5, 0.6) is 0 Å². The summed E-state index contributed by atoms with van der Waals surface area (Å²) in [5, 5.41) is 17.6. The second kappa shape index (κ2) is 7.27. The fourth-order valence-corrected chi connectivity index (χ4v) is 2.95. The van der Waals surface area contributed by atoms with Crippen LogP contribution in [0.3, 0.4) is 0 Å². The molecule has 0 aliphatic carbocycles. The Morgan fingerprint density at radius 2 is 1.79 bits per heavy atom. The molecule has 3 aromatic rings. The minimum absolute atomic E-state index is 0.120. The van der Waals surface area contributed by atoms with Crippen molar-refractivity contribution in [3.63, 3.8) is 0 Å². The Kier molecular flexibility index (Phi) is 4.90. The maximum atomic E-state index is 13.2. The van der Waals surface area contributed by atoms with Gasteiger partial charge in [0.05, 0.1) is 5.75 Å². The normalized spacial score (nSPS) is 10.7. The Balaban J connectivity index is 1.98. The number of hydrogen-bond acceptors (Lipinski definition) is 4. The van der Waals surface area contributed by atoms with Gasteiger partial charge in [-0.1, -0.05) is 42.1 Å². The molecule has 0 fully saturated rings. The second-order valence-electron chi connectivity index (χ2n) is 5.06. The summed E-state index contributed by atoms with van der Waals surface area (Å²) in [6.45, 7) is 0. The van der Waals surface area contributed by atoms with Gasteiger partial charge in [-0.25, -0.2) is 4.39 Å². The number of carbonyl (C=O) groups is 1. The monoisotopic (exact) mass is 343 g/mol. The van der Waals surface area contributed by atoms with Gasteiger partial charge in [-0.2, -0.15) is 0 Å². The first-order valence-electron chi connectivity index (χ1n) is 7.22. The van der Waals surface area contributed by atoms with E-state index in [1.54, 1.807) is 16.7 Å². The predicted molar refractivity (Wildman–Crippen MR) is 88.9 cm³/mol. The van der Waals surface area contributed by atoms with Crippen molar-refractivity contribution in [2.75, 3.05) is 5.75 Å². The molecule has 0 saturated carbocycles. The van der Waals surface area contributed by atoms with Gasteiger partial charge in [0.1, 0.15) is 11.6 Å². The van der Waals surface area contributed by atoms with Crippen LogP contribution in [0.4, 0.5) is 4.39 Å². The molecular formula is C17H14FN3O2S. The molecule has 122 valence electrons. The van der Waals surface area contributed by atoms with Crippen LogP contribution in [0, 0.1) is 5.82 Å². The summed E-state index contributed by atoms with van der Waals surface area (Å²) in [5.41, 5.74) is 1.75. The zero-order valence-corrected chi connectivity index (χ0v) is 13.4. The van der Waals surface area contributed by atoms with Crippen molar-refractivity contribution in [3.05, 3.63) is 71.8 Å². The number of thioether (sulfide) groups is 1. The first-order valence-corrected chi connectivity index (χ1v) is 8.21. The Hall–Kier alpha value is -2.67. The first-order chi connectivity index (χ1) is 11.6. The smallest absolute Gasteiger partial charge is 0.313 e. The highest BCUT2D eigenvalue weighted by Crippen LogP contribution is 2.23. The van der Waals surface area contributed by atoms with E-state index in [0.717, 1.165) is 17.3 Å². The van der Waals surface area contributed by atoms with Gasteiger partial charge in [0.2, 0.25) is 0 Å². The van der Waals surface area contributed by atoms with Crippen molar-refractivity contribution < 1.29 is 14.3 Å². The van der Waals surface area contributed by atoms with Crippen LogP contribution in [-0.2, 0) is 11.2 Å². The van der Waals surface area contributed by atoms with Crippen LogP contribution in [0.15, 0.2) is 59.8 Å². The van der Waals surface area contributed by atoms with Crippen LogP contribution in [0.1, 0.15) is 11.4 Å². The summed E-state index contributed by atoms with van der Waals surface area (Å²) in [5.74, 6) is -0.722. The molecule has 0 bridgehead atoms. The van der Waals surface area contributed by atoms with E-state index in [1.807, 2.05) is 30.3 Å². The van der Waals surface area contributed by atoms with Crippen molar-refractivity contribution in [1.29, 1.82) is 0 Å². The zero-order chi connectivity index (χ0) is 16.9. The number of benzene rings is 2. The van der Waals surface area contributed by atoms with Crippen LogP contribution >= 0.6 is 11.8 Å². The highest BCUT2D eigenvalue weighted by molar-refractivity contribution is 7.99. The Bertz CT molecular complexity index is 835. The van der Waals surface area contributed by atoms with Crippen LogP contribution in [-0.4, -0.2) is 31.6 Å². The quantitative estimate of drug-likeness (QED) is 0.696. The number of halogens is 1. The summed E-state index contributed by atoms with van der Waals surface area (Å²) in [7, 11) is 0. The lowest BCUT2D eigenvalue weighted by atomic mass is 10.1. The van der Waals surface area contributed by atoms with E-state index in [-0.39, 0.29) is 11.6 Å². The fourth-order valence-electron chi connectivity index (χ4n) is 2.26. The fraction of sp³-hybridized carbons (Fsp3) is 0.118. The van der Waals surface area contributed by atoms with Crippen molar-refractivity contribution in [3.8, 4) is 5.69 Å². The minimum Gasteiger partial charge on any atom is -0.481 e. The van der Waals surface area contributed by atoms with E-state index in [4.69, 9.17) is 5.11 Å². The molecule has 0 amide bonds. The largest absolute Gasteiger partial charge is 0.481 e. The standard InChI is InChI=1S/C17H14FN3O2S/c18-13-6-8-14(9-7-13)21-15(10-12-4-2-1-3-5-12)19-20-17(21)24-11-16(22)23/h1-9H,10-11H2,(H,22,23). The van der Waals surface area contributed by atoms with Crippen LogP contribution in [0.2, 0.25) is 0 Å². The molecule has 7 heteroatoms. The molecule has 0 radical (unpaired) electrons. The Morgan fingerprint density at radius 1 is 1.08 bits per heavy atom. The highest BCUT2D eigenvalue weighted by atomic mass is 32.2. The van der Waals surface area contributed by atoms with E-state index < -0.39 is 5.97 Å². The average molecular weight is 343 g/mol. The lowest BCUT2D eigenvalue weighted by molar-refractivity contribution is -0.133. The molecule has 0 unspecified atom stereocenters. The number of hydrogen-bond donors (Lipinski definition) is 1. The topological polar surface area (TPSA) is 68.0 Å². The maximum Gasteiger partial charge on any atom is 0.313 e. The predicted octanol–water partition coefficient (Wildman–Crippen LogP) is 3.17. The van der Waals surface area contributed by atoms with Crippen molar-refractivity contribution in [2.24, 2.45) is 0 Å². The lowest BCUT2D eigenvalue weighted by Crippen LogP contribution is -2.05. The molecule has 1 aromatic heterocycles. The maximum absolute atomic E-state index is 13.2.